The van der Waals surface area contributed by atoms with Gasteiger partial charge in [-0.05, 0) is 48.9 Å². The Hall–Kier alpha value is -2.08. The van der Waals surface area contributed by atoms with Crippen molar-refractivity contribution in [3.63, 3.8) is 0 Å². The van der Waals surface area contributed by atoms with Crippen molar-refractivity contribution >= 4 is 21.4 Å². The number of anilines is 2. The zero-order valence-corrected chi connectivity index (χ0v) is 12.0. The topological polar surface area (TPSA) is 58.2 Å². The van der Waals surface area contributed by atoms with Crippen LogP contribution in [0.25, 0.3) is 0 Å². The minimum atomic E-state index is -3.80. The van der Waals surface area contributed by atoms with Crippen molar-refractivity contribution in [1.82, 2.24) is 0 Å². The van der Waals surface area contributed by atoms with Gasteiger partial charge >= 0.3 is 0 Å². The third-order valence-corrected chi connectivity index (χ3v) is 4.39. The van der Waals surface area contributed by atoms with Gasteiger partial charge in [0.15, 0.2) is 0 Å². The second-order valence-electron chi connectivity index (χ2n) is 4.34. The molecule has 0 aliphatic heterocycles. The summed E-state index contributed by atoms with van der Waals surface area (Å²) in [6.45, 7) is 1.62. The van der Waals surface area contributed by atoms with Crippen molar-refractivity contribution in [2.24, 2.45) is 0 Å². The second kappa shape index (κ2) is 5.50. The van der Waals surface area contributed by atoms with Crippen LogP contribution in [-0.2, 0) is 10.0 Å². The molecule has 0 bridgehead atoms. The Bertz CT molecular complexity index is 712. The molecule has 0 fully saturated rings. The first kappa shape index (κ1) is 14.3. The van der Waals surface area contributed by atoms with Crippen LogP contribution in [0.15, 0.2) is 47.4 Å². The van der Waals surface area contributed by atoms with E-state index in [9.17, 15) is 12.8 Å². The van der Waals surface area contributed by atoms with Crippen molar-refractivity contribution < 1.29 is 12.8 Å². The maximum Gasteiger partial charge on any atom is 0.262 e. The number of rotatable bonds is 4. The van der Waals surface area contributed by atoms with E-state index in [4.69, 9.17) is 0 Å². The number of aryl methyl sites for hydroxylation is 1. The van der Waals surface area contributed by atoms with Crippen molar-refractivity contribution in [1.29, 1.82) is 0 Å². The predicted octanol–water partition coefficient (Wildman–Crippen LogP) is 2.98. The molecule has 0 aliphatic carbocycles. The standard InChI is InChI=1S/C14H15FN2O2S/c1-10-3-4-11(15)9-14(10)20(18,19)17-13-7-5-12(16-2)6-8-13/h3-9,16-17H,1-2H3. The molecule has 6 heteroatoms. The van der Waals surface area contributed by atoms with Crippen LogP contribution in [0, 0.1) is 12.7 Å². The lowest BCUT2D eigenvalue weighted by Crippen LogP contribution is -2.14. The molecule has 0 saturated heterocycles. The lowest BCUT2D eigenvalue weighted by Gasteiger charge is -2.11. The van der Waals surface area contributed by atoms with Gasteiger partial charge < -0.3 is 5.32 Å². The Morgan fingerprint density at radius 3 is 2.20 bits per heavy atom. The molecule has 0 unspecified atom stereocenters. The largest absolute Gasteiger partial charge is 0.388 e. The normalized spacial score (nSPS) is 11.2. The van der Waals surface area contributed by atoms with E-state index in [-0.39, 0.29) is 4.90 Å². The maximum absolute atomic E-state index is 13.2. The number of benzene rings is 2. The van der Waals surface area contributed by atoms with Gasteiger partial charge in [0.05, 0.1) is 4.90 Å². The fraction of sp³-hybridized carbons (Fsp3) is 0.143. The van der Waals surface area contributed by atoms with Crippen LogP contribution in [0.4, 0.5) is 15.8 Å². The van der Waals surface area contributed by atoms with E-state index in [0.29, 0.717) is 11.3 Å². The molecule has 0 heterocycles. The van der Waals surface area contributed by atoms with E-state index in [1.807, 2.05) is 0 Å². The third-order valence-electron chi connectivity index (χ3n) is 2.87. The number of hydrogen-bond donors (Lipinski definition) is 2. The van der Waals surface area contributed by atoms with Gasteiger partial charge in [-0.1, -0.05) is 6.07 Å². The van der Waals surface area contributed by atoms with Gasteiger partial charge in [-0.2, -0.15) is 0 Å². The van der Waals surface area contributed by atoms with Crippen LogP contribution in [0.3, 0.4) is 0 Å². The quantitative estimate of drug-likeness (QED) is 0.911. The molecule has 0 amide bonds. The molecule has 2 N–H and O–H groups in total. The molecule has 0 atom stereocenters. The van der Waals surface area contributed by atoms with Crippen LogP contribution in [-0.4, -0.2) is 15.5 Å². The number of nitrogens with one attached hydrogen (secondary N) is 2. The highest BCUT2D eigenvalue weighted by atomic mass is 32.2. The summed E-state index contributed by atoms with van der Waals surface area (Å²) in [5, 5.41) is 2.94. The summed E-state index contributed by atoms with van der Waals surface area (Å²) >= 11 is 0. The Kier molecular flexibility index (Phi) is 3.94. The molecular formula is C14H15FN2O2S. The summed E-state index contributed by atoms with van der Waals surface area (Å²) in [7, 11) is -2.02. The average Bonchev–Trinajstić information content (AvgIpc) is 2.42. The summed E-state index contributed by atoms with van der Waals surface area (Å²) in [6.07, 6.45) is 0. The molecule has 0 saturated carbocycles. The highest BCUT2D eigenvalue weighted by Crippen LogP contribution is 2.21. The van der Waals surface area contributed by atoms with Crippen LogP contribution in [0.2, 0.25) is 0 Å². The first-order valence-corrected chi connectivity index (χ1v) is 7.47. The predicted molar refractivity (Wildman–Crippen MR) is 77.9 cm³/mol. The van der Waals surface area contributed by atoms with Gasteiger partial charge in [-0.15, -0.1) is 0 Å². The summed E-state index contributed by atoms with van der Waals surface area (Å²) in [5.74, 6) is -0.582. The summed E-state index contributed by atoms with van der Waals surface area (Å²) in [5.41, 5.74) is 1.79. The molecule has 2 aromatic rings. The van der Waals surface area contributed by atoms with Crippen LogP contribution >= 0.6 is 0 Å². The molecular weight excluding hydrogens is 279 g/mol. The molecule has 106 valence electrons. The molecule has 0 aromatic heterocycles. The van der Waals surface area contributed by atoms with E-state index < -0.39 is 15.8 Å². The van der Waals surface area contributed by atoms with Gasteiger partial charge in [0.1, 0.15) is 5.82 Å². The summed E-state index contributed by atoms with van der Waals surface area (Å²) < 4.78 is 40.1. The third kappa shape index (κ3) is 3.08. The lowest BCUT2D eigenvalue weighted by atomic mass is 10.2. The van der Waals surface area contributed by atoms with E-state index >= 15 is 0 Å². The molecule has 0 spiro atoms. The van der Waals surface area contributed by atoms with Crippen LogP contribution < -0.4 is 10.0 Å². The van der Waals surface area contributed by atoms with Crippen LogP contribution in [0.1, 0.15) is 5.56 Å². The average molecular weight is 294 g/mol. The Labute approximate surface area is 117 Å². The number of hydrogen-bond acceptors (Lipinski definition) is 3. The summed E-state index contributed by atoms with van der Waals surface area (Å²) in [4.78, 5) is -0.0600. The van der Waals surface area contributed by atoms with E-state index in [1.165, 1.54) is 12.1 Å². The van der Waals surface area contributed by atoms with Crippen molar-refractivity contribution in [3.05, 3.63) is 53.8 Å². The minimum absolute atomic E-state index is 0.0600. The first-order chi connectivity index (χ1) is 9.42. The Balaban J connectivity index is 2.32. The van der Waals surface area contributed by atoms with E-state index in [2.05, 4.69) is 10.0 Å². The van der Waals surface area contributed by atoms with Crippen molar-refractivity contribution in [3.8, 4) is 0 Å². The molecule has 4 nitrogen and oxygen atoms in total. The van der Waals surface area contributed by atoms with Crippen molar-refractivity contribution in [2.45, 2.75) is 11.8 Å². The van der Waals surface area contributed by atoms with Gasteiger partial charge in [0.25, 0.3) is 10.0 Å². The van der Waals surface area contributed by atoms with Gasteiger partial charge in [-0.25, -0.2) is 12.8 Å². The molecule has 0 radical (unpaired) electrons. The first-order valence-electron chi connectivity index (χ1n) is 5.99. The number of halogens is 1. The monoisotopic (exact) mass is 294 g/mol. The molecule has 20 heavy (non-hydrogen) atoms. The van der Waals surface area contributed by atoms with Gasteiger partial charge in [0.2, 0.25) is 0 Å². The maximum atomic E-state index is 13.2. The second-order valence-corrected chi connectivity index (χ2v) is 5.99. The fourth-order valence-electron chi connectivity index (χ4n) is 1.78. The fourth-order valence-corrected chi connectivity index (χ4v) is 3.09. The smallest absolute Gasteiger partial charge is 0.262 e. The van der Waals surface area contributed by atoms with Crippen LogP contribution in [0.5, 0.6) is 0 Å². The van der Waals surface area contributed by atoms with Gasteiger partial charge in [-0.3, -0.25) is 4.72 Å². The highest BCUT2D eigenvalue weighted by Gasteiger charge is 2.17. The zero-order chi connectivity index (χ0) is 14.8. The zero-order valence-electron chi connectivity index (χ0n) is 11.1. The van der Waals surface area contributed by atoms with Crippen molar-refractivity contribution in [2.75, 3.05) is 17.1 Å². The van der Waals surface area contributed by atoms with Gasteiger partial charge in [0, 0.05) is 18.4 Å². The Morgan fingerprint density at radius 1 is 1.00 bits per heavy atom. The lowest BCUT2D eigenvalue weighted by molar-refractivity contribution is 0.594. The van der Waals surface area contributed by atoms with E-state index in [0.717, 1.165) is 11.8 Å². The highest BCUT2D eigenvalue weighted by molar-refractivity contribution is 7.92. The number of sulfonamides is 1. The molecule has 0 aliphatic rings. The molecule has 2 rings (SSSR count). The Morgan fingerprint density at radius 2 is 1.60 bits per heavy atom. The summed E-state index contributed by atoms with van der Waals surface area (Å²) in [6, 6.07) is 10.5. The SMILES string of the molecule is CNc1ccc(NS(=O)(=O)c2cc(F)ccc2C)cc1. The minimum Gasteiger partial charge on any atom is -0.388 e. The van der Waals surface area contributed by atoms with E-state index in [1.54, 1.807) is 38.2 Å². The molecule has 2 aromatic carbocycles.